The largest absolute Gasteiger partial charge is 0.496 e. The smallest absolute Gasteiger partial charge is 0.241 e. The summed E-state index contributed by atoms with van der Waals surface area (Å²) in [5.74, 6) is 0.668. The third-order valence-electron chi connectivity index (χ3n) is 4.39. The first-order valence-corrected chi connectivity index (χ1v) is 10.4. The van der Waals surface area contributed by atoms with Gasteiger partial charge in [0.2, 0.25) is 10.0 Å². The van der Waals surface area contributed by atoms with Gasteiger partial charge in [-0.1, -0.05) is 18.2 Å². The van der Waals surface area contributed by atoms with Crippen LogP contribution in [0.3, 0.4) is 0 Å². The van der Waals surface area contributed by atoms with Gasteiger partial charge in [-0.15, -0.1) is 0 Å². The molecule has 1 atom stereocenters. The summed E-state index contributed by atoms with van der Waals surface area (Å²) in [6.45, 7) is 1.88. The third-order valence-corrected chi connectivity index (χ3v) is 6.77. The van der Waals surface area contributed by atoms with Crippen LogP contribution in [0.5, 0.6) is 5.75 Å². The maximum Gasteiger partial charge on any atom is 0.241 e. The molecule has 0 bridgehead atoms. The first-order chi connectivity index (χ1) is 11.4. The van der Waals surface area contributed by atoms with Gasteiger partial charge in [-0.05, 0) is 83.7 Å². The van der Waals surface area contributed by atoms with E-state index in [1.165, 1.54) is 17.5 Å². The molecule has 0 saturated carbocycles. The van der Waals surface area contributed by atoms with Gasteiger partial charge in [0.05, 0.1) is 15.6 Å². The Morgan fingerprint density at radius 2 is 1.88 bits per heavy atom. The van der Waals surface area contributed by atoms with E-state index in [1.54, 1.807) is 25.3 Å². The van der Waals surface area contributed by atoms with Gasteiger partial charge in [0.25, 0.3) is 0 Å². The zero-order valence-corrected chi connectivity index (χ0v) is 16.6. The Hall–Kier alpha value is -1.12. The summed E-state index contributed by atoms with van der Waals surface area (Å²) >= 11 is 2.07. The van der Waals surface area contributed by atoms with Crippen LogP contribution in [0.15, 0.2) is 41.3 Å². The third kappa shape index (κ3) is 3.60. The number of hydrogen-bond acceptors (Lipinski definition) is 3. The van der Waals surface area contributed by atoms with Crippen LogP contribution in [0.1, 0.15) is 36.1 Å². The van der Waals surface area contributed by atoms with E-state index in [1.807, 2.05) is 13.0 Å². The summed E-state index contributed by atoms with van der Waals surface area (Å²) in [4.78, 5) is 0.251. The molecule has 0 spiro atoms. The number of aryl methyl sites for hydroxylation is 2. The Bertz CT molecular complexity index is 865. The number of sulfonamides is 1. The van der Waals surface area contributed by atoms with Gasteiger partial charge in [-0.3, -0.25) is 0 Å². The molecule has 1 aliphatic carbocycles. The van der Waals surface area contributed by atoms with Crippen molar-refractivity contribution >= 4 is 32.6 Å². The van der Waals surface area contributed by atoms with E-state index >= 15 is 0 Å². The Kier molecular flexibility index (Phi) is 5.17. The molecule has 4 nitrogen and oxygen atoms in total. The normalized spacial score (nSPS) is 15.1. The topological polar surface area (TPSA) is 55.4 Å². The van der Waals surface area contributed by atoms with Crippen molar-refractivity contribution < 1.29 is 13.2 Å². The van der Waals surface area contributed by atoms with Gasteiger partial charge < -0.3 is 4.74 Å². The quantitative estimate of drug-likeness (QED) is 0.695. The second-order valence-corrected chi connectivity index (χ2v) is 8.90. The molecule has 0 radical (unpaired) electrons. The van der Waals surface area contributed by atoms with E-state index in [-0.39, 0.29) is 10.9 Å². The van der Waals surface area contributed by atoms with Crippen molar-refractivity contribution in [2.45, 2.75) is 37.1 Å². The Morgan fingerprint density at radius 3 is 2.58 bits per heavy atom. The van der Waals surface area contributed by atoms with Gasteiger partial charge in [0, 0.05) is 6.04 Å². The van der Waals surface area contributed by atoms with E-state index in [9.17, 15) is 8.42 Å². The average Bonchev–Trinajstić information content (AvgIpc) is 3.01. The zero-order chi connectivity index (χ0) is 17.3. The van der Waals surface area contributed by atoms with Crippen LogP contribution in [-0.4, -0.2) is 15.5 Å². The van der Waals surface area contributed by atoms with Crippen LogP contribution in [0.25, 0.3) is 0 Å². The van der Waals surface area contributed by atoms with Gasteiger partial charge in [-0.25, -0.2) is 13.1 Å². The number of fused-ring (bicyclic) bond motifs is 1. The van der Waals surface area contributed by atoms with Crippen molar-refractivity contribution in [2.24, 2.45) is 0 Å². The molecule has 0 amide bonds. The summed E-state index contributed by atoms with van der Waals surface area (Å²) in [6, 6.07) is 10.9. The maximum atomic E-state index is 12.6. The molecular weight excluding hydrogens is 437 g/mol. The van der Waals surface area contributed by atoms with Crippen LogP contribution in [0.2, 0.25) is 0 Å². The van der Waals surface area contributed by atoms with Crippen LogP contribution in [0.4, 0.5) is 0 Å². The lowest BCUT2D eigenvalue weighted by Crippen LogP contribution is -2.27. The number of ether oxygens (including phenoxy) is 1. The number of nitrogens with one attached hydrogen (secondary N) is 1. The molecular formula is C18H20INO3S. The highest BCUT2D eigenvalue weighted by molar-refractivity contribution is 14.1. The molecule has 0 heterocycles. The van der Waals surface area contributed by atoms with Crippen molar-refractivity contribution in [1.82, 2.24) is 4.72 Å². The predicted molar refractivity (Wildman–Crippen MR) is 103 cm³/mol. The number of methoxy groups -OCH3 is 1. The van der Waals surface area contributed by atoms with Crippen molar-refractivity contribution in [3.8, 4) is 5.75 Å². The second-order valence-electron chi connectivity index (χ2n) is 6.02. The first kappa shape index (κ1) is 17.7. The molecule has 0 fully saturated rings. The monoisotopic (exact) mass is 457 g/mol. The molecule has 1 aliphatic rings. The summed E-state index contributed by atoms with van der Waals surface area (Å²) in [7, 11) is -2.01. The maximum absolute atomic E-state index is 12.6. The van der Waals surface area contributed by atoms with E-state index in [2.05, 4.69) is 39.4 Å². The minimum atomic E-state index is -3.58. The highest BCUT2D eigenvalue weighted by Gasteiger charge is 2.21. The molecule has 0 aliphatic heterocycles. The minimum absolute atomic E-state index is 0.251. The number of benzene rings is 2. The van der Waals surface area contributed by atoms with E-state index in [4.69, 9.17) is 4.74 Å². The zero-order valence-electron chi connectivity index (χ0n) is 13.7. The van der Waals surface area contributed by atoms with Crippen molar-refractivity contribution in [1.29, 1.82) is 0 Å². The lowest BCUT2D eigenvalue weighted by molar-refractivity contribution is 0.411. The standard InChI is InChI=1S/C18H20INO3S/c1-12(14-7-6-13-4-3-5-15(13)10-14)20-24(21,22)16-8-9-18(23-2)17(19)11-16/h6-12,20H,3-5H2,1-2H3. The average molecular weight is 457 g/mol. The van der Waals surface area contributed by atoms with Gasteiger partial charge in [-0.2, -0.15) is 0 Å². The highest BCUT2D eigenvalue weighted by Crippen LogP contribution is 2.27. The van der Waals surface area contributed by atoms with Crippen molar-refractivity contribution in [2.75, 3.05) is 7.11 Å². The Morgan fingerprint density at radius 1 is 1.12 bits per heavy atom. The van der Waals surface area contributed by atoms with E-state index in [0.717, 1.165) is 22.0 Å². The van der Waals surface area contributed by atoms with Crippen molar-refractivity contribution in [3.63, 3.8) is 0 Å². The molecule has 0 saturated heterocycles. The van der Waals surface area contributed by atoms with E-state index < -0.39 is 10.0 Å². The summed E-state index contributed by atoms with van der Waals surface area (Å²) in [5.41, 5.74) is 3.73. The number of rotatable bonds is 5. The second kappa shape index (κ2) is 7.01. The molecule has 128 valence electrons. The number of hydrogen-bond donors (Lipinski definition) is 1. The molecule has 3 rings (SSSR count). The van der Waals surface area contributed by atoms with Crippen LogP contribution in [0, 0.1) is 3.57 Å². The van der Waals surface area contributed by atoms with Gasteiger partial charge >= 0.3 is 0 Å². The summed E-state index contributed by atoms with van der Waals surface area (Å²) < 4.78 is 34.0. The number of halogens is 1. The summed E-state index contributed by atoms with van der Waals surface area (Å²) in [6.07, 6.45) is 3.39. The fourth-order valence-corrected chi connectivity index (χ4v) is 5.25. The van der Waals surface area contributed by atoms with Gasteiger partial charge in [0.1, 0.15) is 5.75 Å². The molecule has 0 aromatic heterocycles. The molecule has 1 unspecified atom stereocenters. The van der Waals surface area contributed by atoms with E-state index in [0.29, 0.717) is 5.75 Å². The Labute approximate surface area is 156 Å². The molecule has 24 heavy (non-hydrogen) atoms. The van der Waals surface area contributed by atoms with Gasteiger partial charge in [0.15, 0.2) is 0 Å². The first-order valence-electron chi connectivity index (χ1n) is 7.88. The molecule has 2 aromatic rings. The minimum Gasteiger partial charge on any atom is -0.496 e. The Balaban J connectivity index is 1.82. The lowest BCUT2D eigenvalue weighted by atomic mass is 10.0. The fraction of sp³-hybridized carbons (Fsp3) is 0.333. The molecule has 1 N–H and O–H groups in total. The molecule has 2 aromatic carbocycles. The molecule has 6 heteroatoms. The van der Waals surface area contributed by atoms with Crippen LogP contribution < -0.4 is 9.46 Å². The van der Waals surface area contributed by atoms with Crippen molar-refractivity contribution in [3.05, 3.63) is 56.7 Å². The summed E-state index contributed by atoms with van der Waals surface area (Å²) in [5, 5.41) is 0. The SMILES string of the molecule is COc1ccc(S(=O)(=O)NC(C)c2ccc3c(c2)CCC3)cc1I. The van der Waals surface area contributed by atoms with Crippen LogP contribution >= 0.6 is 22.6 Å². The predicted octanol–water partition coefficient (Wildman–Crippen LogP) is 3.83. The van der Waals surface area contributed by atoms with Crippen LogP contribution in [-0.2, 0) is 22.9 Å². The fourth-order valence-electron chi connectivity index (χ4n) is 3.04. The highest BCUT2D eigenvalue weighted by atomic mass is 127. The lowest BCUT2D eigenvalue weighted by Gasteiger charge is -2.16.